The molecule has 0 aliphatic carbocycles. The quantitative estimate of drug-likeness (QED) is 0.454. The average Bonchev–Trinajstić information content (AvgIpc) is 3.21. The summed E-state index contributed by atoms with van der Waals surface area (Å²) in [5, 5.41) is 4.52. The predicted octanol–water partition coefficient (Wildman–Crippen LogP) is 3.35. The second-order valence-corrected chi connectivity index (χ2v) is 9.65. The van der Waals surface area contributed by atoms with E-state index in [0.717, 1.165) is 48.9 Å². The van der Waals surface area contributed by atoms with Gasteiger partial charge in [0.15, 0.2) is 11.5 Å². The summed E-state index contributed by atoms with van der Waals surface area (Å²) in [6, 6.07) is 2.51. The van der Waals surface area contributed by atoms with Gasteiger partial charge in [-0.25, -0.2) is 14.5 Å². The number of hydrogen-bond donors (Lipinski definition) is 1. The van der Waals surface area contributed by atoms with Gasteiger partial charge in [-0.05, 0) is 70.3 Å². The van der Waals surface area contributed by atoms with Gasteiger partial charge in [0, 0.05) is 25.7 Å². The van der Waals surface area contributed by atoms with Crippen molar-refractivity contribution in [1.82, 2.24) is 29.5 Å². The number of rotatable bonds is 10. The van der Waals surface area contributed by atoms with E-state index in [0.29, 0.717) is 24.5 Å². The van der Waals surface area contributed by atoms with E-state index in [1.807, 2.05) is 6.20 Å². The lowest BCUT2D eigenvalue weighted by atomic mass is 9.93. The number of nitrogens with zero attached hydrogens (tertiary/aromatic N) is 7. The van der Waals surface area contributed by atoms with Crippen molar-refractivity contribution < 1.29 is 4.74 Å². The number of hydrogen-bond acceptors (Lipinski definition) is 8. The number of aromatic nitrogens is 5. The molecule has 0 saturated carbocycles. The lowest BCUT2D eigenvalue weighted by molar-refractivity contribution is 0.280. The number of pyridine rings is 1. The summed E-state index contributed by atoms with van der Waals surface area (Å²) in [4.78, 5) is 18.2. The lowest BCUT2D eigenvalue weighted by Gasteiger charge is -2.34. The molecule has 0 amide bonds. The Labute approximate surface area is 202 Å². The van der Waals surface area contributed by atoms with E-state index in [4.69, 9.17) is 15.5 Å². The summed E-state index contributed by atoms with van der Waals surface area (Å²) in [6.45, 7) is 8.17. The first-order chi connectivity index (χ1) is 16.4. The van der Waals surface area contributed by atoms with Crippen LogP contribution in [0.15, 0.2) is 18.5 Å². The molecule has 0 radical (unpaired) electrons. The molecule has 184 valence electrons. The van der Waals surface area contributed by atoms with Crippen LogP contribution in [0.5, 0.6) is 6.01 Å². The van der Waals surface area contributed by atoms with Crippen LogP contribution in [0.4, 0.5) is 11.6 Å². The number of anilines is 2. The second-order valence-electron chi connectivity index (χ2n) is 9.65. The number of unbranched alkanes of at least 4 members (excludes halogenated alkanes) is 1. The average molecular weight is 467 g/mol. The summed E-state index contributed by atoms with van der Waals surface area (Å²) >= 11 is 0. The standard InChI is InChI=1S/C25H38N8O/c1-5-6-13-34-25-29-22(26)24-28-17-21(33(24)30-25)15-20-14-18(2)23(27-16-20)32-11-8-19(9-12-32)7-10-31(3)4/h14,16-17,19H,5-13,15H2,1-4H3,(H2,26,29,30). The number of nitrogen functional groups attached to an aromatic ring is 1. The molecule has 0 atom stereocenters. The fraction of sp³-hybridized carbons (Fsp3) is 0.600. The molecule has 0 bridgehead atoms. The molecule has 4 rings (SSSR count). The highest BCUT2D eigenvalue weighted by molar-refractivity contribution is 5.60. The van der Waals surface area contributed by atoms with Crippen LogP contribution in [0.25, 0.3) is 5.65 Å². The largest absolute Gasteiger partial charge is 0.462 e. The molecular weight excluding hydrogens is 428 g/mol. The van der Waals surface area contributed by atoms with E-state index in [2.05, 4.69) is 58.9 Å². The molecule has 1 saturated heterocycles. The molecule has 9 heteroatoms. The summed E-state index contributed by atoms with van der Waals surface area (Å²) < 4.78 is 7.42. The monoisotopic (exact) mass is 466 g/mol. The van der Waals surface area contributed by atoms with E-state index in [9.17, 15) is 0 Å². The molecule has 1 aliphatic rings. The third-order valence-electron chi connectivity index (χ3n) is 6.56. The van der Waals surface area contributed by atoms with Gasteiger partial charge in [-0.2, -0.15) is 4.98 Å². The SMILES string of the molecule is CCCCOc1nc(N)c2ncc(Cc3cnc(N4CCC(CCN(C)C)CC4)c(C)c3)n2n1. The Kier molecular flexibility index (Phi) is 7.82. The Balaban J connectivity index is 1.43. The molecule has 0 aromatic carbocycles. The Morgan fingerprint density at radius 1 is 1.18 bits per heavy atom. The summed E-state index contributed by atoms with van der Waals surface area (Å²) in [5.41, 5.74) is 9.91. The maximum atomic E-state index is 6.10. The van der Waals surface area contributed by atoms with Gasteiger partial charge in [-0.3, -0.25) is 0 Å². The zero-order valence-electron chi connectivity index (χ0n) is 21.0. The first kappa shape index (κ1) is 24.2. The third-order valence-corrected chi connectivity index (χ3v) is 6.56. The minimum absolute atomic E-state index is 0.288. The number of nitrogens with two attached hydrogens (primary N) is 1. The van der Waals surface area contributed by atoms with Gasteiger partial charge in [0.2, 0.25) is 0 Å². The van der Waals surface area contributed by atoms with Gasteiger partial charge < -0.3 is 20.3 Å². The van der Waals surface area contributed by atoms with Crippen LogP contribution in [0, 0.1) is 12.8 Å². The Hall–Kier alpha value is -2.94. The van der Waals surface area contributed by atoms with Crippen molar-refractivity contribution in [3.8, 4) is 6.01 Å². The van der Waals surface area contributed by atoms with E-state index < -0.39 is 0 Å². The summed E-state index contributed by atoms with van der Waals surface area (Å²) in [5.74, 6) is 2.25. The molecule has 3 aromatic rings. The first-order valence-electron chi connectivity index (χ1n) is 12.4. The lowest BCUT2D eigenvalue weighted by Crippen LogP contribution is -2.35. The third kappa shape index (κ3) is 5.75. The van der Waals surface area contributed by atoms with Gasteiger partial charge in [0.1, 0.15) is 5.82 Å². The molecule has 9 nitrogen and oxygen atoms in total. The van der Waals surface area contributed by atoms with Crippen molar-refractivity contribution in [3.05, 3.63) is 35.3 Å². The topological polar surface area (TPSA) is 97.7 Å². The molecule has 4 heterocycles. The van der Waals surface area contributed by atoms with Crippen molar-refractivity contribution in [2.45, 2.75) is 52.4 Å². The summed E-state index contributed by atoms with van der Waals surface area (Å²) in [6.07, 6.45) is 10.2. The maximum Gasteiger partial charge on any atom is 0.336 e. The zero-order chi connectivity index (χ0) is 24.1. The first-order valence-corrected chi connectivity index (χ1v) is 12.4. The van der Waals surface area contributed by atoms with Crippen LogP contribution in [0.2, 0.25) is 0 Å². The molecular formula is C25H38N8O. The van der Waals surface area contributed by atoms with Crippen LogP contribution in [0.3, 0.4) is 0 Å². The van der Waals surface area contributed by atoms with E-state index >= 15 is 0 Å². The van der Waals surface area contributed by atoms with Crippen molar-refractivity contribution >= 4 is 17.3 Å². The minimum Gasteiger partial charge on any atom is -0.462 e. The molecule has 2 N–H and O–H groups in total. The number of piperidine rings is 1. The maximum absolute atomic E-state index is 6.10. The predicted molar refractivity (Wildman–Crippen MR) is 135 cm³/mol. The number of ether oxygens (including phenoxy) is 1. The van der Waals surface area contributed by atoms with Gasteiger partial charge >= 0.3 is 6.01 Å². The van der Waals surface area contributed by atoms with Gasteiger partial charge in [0.25, 0.3) is 0 Å². The van der Waals surface area contributed by atoms with Gasteiger partial charge in [-0.1, -0.05) is 19.4 Å². The van der Waals surface area contributed by atoms with Crippen LogP contribution in [-0.2, 0) is 6.42 Å². The zero-order valence-corrected chi connectivity index (χ0v) is 21.0. The molecule has 0 spiro atoms. The molecule has 34 heavy (non-hydrogen) atoms. The van der Waals surface area contributed by atoms with E-state index in [-0.39, 0.29) is 6.01 Å². The van der Waals surface area contributed by atoms with Crippen LogP contribution >= 0.6 is 0 Å². The highest BCUT2D eigenvalue weighted by Gasteiger charge is 2.21. The van der Waals surface area contributed by atoms with E-state index in [1.165, 1.54) is 31.4 Å². The fourth-order valence-electron chi connectivity index (χ4n) is 4.55. The molecule has 1 aliphatic heterocycles. The van der Waals surface area contributed by atoms with Crippen molar-refractivity contribution in [2.75, 3.05) is 51.0 Å². The fourth-order valence-corrected chi connectivity index (χ4v) is 4.55. The highest BCUT2D eigenvalue weighted by Crippen LogP contribution is 2.27. The molecule has 0 unspecified atom stereocenters. The normalized spacial score (nSPS) is 14.9. The Morgan fingerprint density at radius 2 is 1.97 bits per heavy atom. The molecule has 3 aromatic heterocycles. The van der Waals surface area contributed by atoms with Crippen molar-refractivity contribution in [3.63, 3.8) is 0 Å². The van der Waals surface area contributed by atoms with E-state index in [1.54, 1.807) is 10.7 Å². The minimum atomic E-state index is 0.288. The second kappa shape index (κ2) is 11.0. The highest BCUT2D eigenvalue weighted by atomic mass is 16.5. The number of imidazole rings is 1. The Morgan fingerprint density at radius 3 is 2.68 bits per heavy atom. The smallest absolute Gasteiger partial charge is 0.336 e. The van der Waals surface area contributed by atoms with Crippen LogP contribution < -0.4 is 15.4 Å². The summed E-state index contributed by atoms with van der Waals surface area (Å²) in [7, 11) is 4.30. The van der Waals surface area contributed by atoms with Crippen molar-refractivity contribution in [1.29, 1.82) is 0 Å². The van der Waals surface area contributed by atoms with Crippen LogP contribution in [-0.4, -0.2) is 69.8 Å². The van der Waals surface area contributed by atoms with Gasteiger partial charge in [-0.15, -0.1) is 5.10 Å². The number of aryl methyl sites for hydroxylation is 1. The number of fused-ring (bicyclic) bond motifs is 1. The Bertz CT molecular complexity index is 1090. The van der Waals surface area contributed by atoms with Crippen molar-refractivity contribution in [2.24, 2.45) is 5.92 Å². The molecule has 1 fully saturated rings. The van der Waals surface area contributed by atoms with Gasteiger partial charge in [0.05, 0.1) is 18.5 Å². The van der Waals surface area contributed by atoms with Crippen LogP contribution in [0.1, 0.15) is 55.8 Å².